The van der Waals surface area contributed by atoms with Gasteiger partial charge in [0.05, 0.1) is 38.1 Å². The fourth-order valence-corrected chi connectivity index (χ4v) is 3.73. The Morgan fingerprint density at radius 2 is 1.93 bits per heavy atom. The predicted octanol–water partition coefficient (Wildman–Crippen LogP) is -2.23. The molecule has 8 atom stereocenters. The van der Waals surface area contributed by atoms with Crippen molar-refractivity contribution in [3.8, 4) is 0 Å². The van der Waals surface area contributed by atoms with Crippen molar-refractivity contribution in [2.24, 2.45) is 11.8 Å². The second-order valence-electron chi connectivity index (χ2n) is 6.71. The number of esters is 1. The Balaban J connectivity index is 1.80. The number of carbonyl (C=O) groups is 1. The van der Waals surface area contributed by atoms with E-state index in [2.05, 4.69) is 0 Å². The zero-order chi connectivity index (χ0) is 19.7. The van der Waals surface area contributed by atoms with Crippen LogP contribution in [0.4, 0.5) is 0 Å². The number of methoxy groups -OCH3 is 1. The molecule has 0 aromatic carbocycles. The van der Waals surface area contributed by atoms with Crippen molar-refractivity contribution in [2.75, 3.05) is 20.3 Å². The van der Waals surface area contributed by atoms with Crippen LogP contribution in [0, 0.1) is 11.8 Å². The molecule has 0 bridgehead atoms. The molecule has 0 amide bonds. The summed E-state index contributed by atoms with van der Waals surface area (Å²) < 4.78 is 21.3. The molecule has 0 aromatic heterocycles. The van der Waals surface area contributed by atoms with E-state index in [1.807, 2.05) is 0 Å². The normalized spacial score (nSPS) is 41.3. The first-order valence-corrected chi connectivity index (χ1v) is 8.62. The van der Waals surface area contributed by atoms with Gasteiger partial charge in [0.2, 0.25) is 6.29 Å². The minimum Gasteiger partial charge on any atom is -0.471 e. The first-order chi connectivity index (χ1) is 12.9. The summed E-state index contributed by atoms with van der Waals surface area (Å²) in [6, 6.07) is 0. The van der Waals surface area contributed by atoms with Crippen LogP contribution in [0.2, 0.25) is 0 Å². The standard InChI is InChI=1S/C17H24O10/c1-24-15(23)9-6-25-16(11-7(4-18)2-3-8(9)11)27-17-14(22)13(21)12(20)10(5-19)26-17/h2,6,8,10-14,16-22H,3-5H2,1H3/t8?,10?,11?,12-,13+,14?,16?,17+/m1/s1. The van der Waals surface area contributed by atoms with Crippen LogP contribution in [0.5, 0.6) is 0 Å². The fourth-order valence-electron chi connectivity index (χ4n) is 3.73. The Hall–Kier alpha value is -1.53. The zero-order valence-corrected chi connectivity index (χ0v) is 14.7. The van der Waals surface area contributed by atoms with Crippen molar-refractivity contribution in [3.63, 3.8) is 0 Å². The molecule has 1 fully saturated rings. The molecule has 2 aliphatic heterocycles. The lowest BCUT2D eigenvalue weighted by Gasteiger charge is -2.42. The molecule has 1 aliphatic carbocycles. The van der Waals surface area contributed by atoms with Crippen molar-refractivity contribution < 1.29 is 49.3 Å². The van der Waals surface area contributed by atoms with Gasteiger partial charge >= 0.3 is 5.97 Å². The summed E-state index contributed by atoms with van der Waals surface area (Å²) in [5.41, 5.74) is 0.903. The quantitative estimate of drug-likeness (QED) is 0.258. The molecule has 1 saturated heterocycles. The van der Waals surface area contributed by atoms with E-state index in [0.717, 1.165) is 0 Å². The average molecular weight is 388 g/mol. The van der Waals surface area contributed by atoms with Crippen LogP contribution in [0.15, 0.2) is 23.5 Å². The molecule has 3 rings (SSSR count). The molecular weight excluding hydrogens is 364 g/mol. The molecule has 10 heteroatoms. The molecule has 0 aromatic rings. The SMILES string of the molecule is COC(=O)C1=COC(O[C@@H]2OC(CO)[C@@H](O)[C@H](O)C2O)C2C(CO)=CCC12. The van der Waals surface area contributed by atoms with Crippen LogP contribution in [-0.2, 0) is 23.7 Å². The highest BCUT2D eigenvalue weighted by Gasteiger charge is 2.49. The number of aliphatic hydroxyl groups is 5. The van der Waals surface area contributed by atoms with Gasteiger partial charge in [-0.25, -0.2) is 4.79 Å². The summed E-state index contributed by atoms with van der Waals surface area (Å²) in [7, 11) is 1.25. The molecule has 27 heavy (non-hydrogen) atoms. The van der Waals surface area contributed by atoms with E-state index in [1.54, 1.807) is 6.08 Å². The van der Waals surface area contributed by atoms with E-state index in [4.69, 9.17) is 18.9 Å². The van der Waals surface area contributed by atoms with Crippen molar-refractivity contribution in [1.29, 1.82) is 0 Å². The second-order valence-corrected chi connectivity index (χ2v) is 6.71. The lowest BCUT2D eigenvalue weighted by Crippen LogP contribution is -2.60. The van der Waals surface area contributed by atoms with Gasteiger partial charge in [0, 0.05) is 5.92 Å². The van der Waals surface area contributed by atoms with Crippen LogP contribution in [0.3, 0.4) is 0 Å². The first kappa shape index (κ1) is 20.2. The maximum atomic E-state index is 12.0. The third kappa shape index (κ3) is 3.61. The lowest BCUT2D eigenvalue weighted by molar-refractivity contribution is -0.339. The summed E-state index contributed by atoms with van der Waals surface area (Å²) >= 11 is 0. The fraction of sp³-hybridized carbons (Fsp3) is 0.706. The number of hydrogen-bond acceptors (Lipinski definition) is 10. The zero-order valence-electron chi connectivity index (χ0n) is 14.7. The Kier molecular flexibility index (Phi) is 6.16. The van der Waals surface area contributed by atoms with Crippen LogP contribution >= 0.6 is 0 Å². The Labute approximate surface area is 155 Å². The number of fused-ring (bicyclic) bond motifs is 1. The molecule has 2 heterocycles. The van der Waals surface area contributed by atoms with Gasteiger partial charge in [-0.05, 0) is 12.0 Å². The lowest BCUT2D eigenvalue weighted by atomic mass is 9.83. The van der Waals surface area contributed by atoms with E-state index in [9.17, 15) is 30.3 Å². The Morgan fingerprint density at radius 1 is 1.19 bits per heavy atom. The van der Waals surface area contributed by atoms with Gasteiger partial charge in [-0.1, -0.05) is 6.08 Å². The van der Waals surface area contributed by atoms with E-state index in [1.165, 1.54) is 13.4 Å². The van der Waals surface area contributed by atoms with E-state index in [-0.39, 0.29) is 12.5 Å². The molecule has 0 spiro atoms. The van der Waals surface area contributed by atoms with Crippen molar-refractivity contribution in [3.05, 3.63) is 23.5 Å². The van der Waals surface area contributed by atoms with Crippen molar-refractivity contribution >= 4 is 5.97 Å². The second kappa shape index (κ2) is 8.23. The van der Waals surface area contributed by atoms with Crippen LogP contribution in [0.25, 0.3) is 0 Å². The van der Waals surface area contributed by atoms with Crippen molar-refractivity contribution in [1.82, 2.24) is 0 Å². The third-order valence-electron chi connectivity index (χ3n) is 5.24. The number of carbonyl (C=O) groups excluding carboxylic acids is 1. The van der Waals surface area contributed by atoms with Gasteiger partial charge in [-0.15, -0.1) is 0 Å². The minimum absolute atomic E-state index is 0.270. The monoisotopic (exact) mass is 388 g/mol. The number of rotatable bonds is 5. The van der Waals surface area contributed by atoms with Gasteiger partial charge in [0.15, 0.2) is 6.29 Å². The van der Waals surface area contributed by atoms with E-state index < -0.39 is 55.5 Å². The molecule has 0 saturated carbocycles. The van der Waals surface area contributed by atoms with Gasteiger partial charge in [-0.3, -0.25) is 0 Å². The largest absolute Gasteiger partial charge is 0.471 e. The smallest absolute Gasteiger partial charge is 0.337 e. The van der Waals surface area contributed by atoms with E-state index >= 15 is 0 Å². The Bertz CT molecular complexity index is 615. The average Bonchev–Trinajstić information content (AvgIpc) is 3.12. The van der Waals surface area contributed by atoms with Gasteiger partial charge in [0.1, 0.15) is 24.4 Å². The van der Waals surface area contributed by atoms with Gasteiger partial charge in [0.25, 0.3) is 0 Å². The van der Waals surface area contributed by atoms with Crippen molar-refractivity contribution in [2.45, 2.75) is 43.4 Å². The maximum absolute atomic E-state index is 12.0. The summed E-state index contributed by atoms with van der Waals surface area (Å²) in [5.74, 6) is -1.42. The van der Waals surface area contributed by atoms with Gasteiger partial charge in [-0.2, -0.15) is 0 Å². The molecule has 3 aliphatic rings. The summed E-state index contributed by atoms with van der Waals surface area (Å²) in [5, 5.41) is 48.8. The predicted molar refractivity (Wildman–Crippen MR) is 86.6 cm³/mol. The summed E-state index contributed by atoms with van der Waals surface area (Å²) in [6.07, 6.45) is -4.73. The first-order valence-electron chi connectivity index (χ1n) is 8.62. The number of allylic oxidation sites excluding steroid dienone is 1. The highest BCUT2D eigenvalue weighted by atomic mass is 16.8. The molecule has 5 unspecified atom stereocenters. The van der Waals surface area contributed by atoms with Crippen LogP contribution < -0.4 is 0 Å². The number of ether oxygens (including phenoxy) is 4. The minimum atomic E-state index is -1.59. The Morgan fingerprint density at radius 3 is 2.56 bits per heavy atom. The molecule has 10 nitrogen and oxygen atoms in total. The topological polar surface area (TPSA) is 155 Å². The molecule has 152 valence electrons. The molecule has 5 N–H and O–H groups in total. The molecular formula is C17H24O10. The maximum Gasteiger partial charge on any atom is 0.337 e. The number of hydrogen-bond donors (Lipinski definition) is 5. The van der Waals surface area contributed by atoms with Gasteiger partial charge < -0.3 is 44.5 Å². The van der Waals surface area contributed by atoms with E-state index in [0.29, 0.717) is 17.6 Å². The molecule has 0 radical (unpaired) electrons. The third-order valence-corrected chi connectivity index (χ3v) is 5.24. The highest BCUT2D eigenvalue weighted by Crippen LogP contribution is 2.44. The summed E-state index contributed by atoms with van der Waals surface area (Å²) in [6.45, 7) is -0.857. The van der Waals surface area contributed by atoms with Crippen LogP contribution in [0.1, 0.15) is 6.42 Å². The van der Waals surface area contributed by atoms with Crippen LogP contribution in [-0.4, -0.2) is 88.8 Å². The number of aliphatic hydroxyl groups excluding tert-OH is 5. The highest BCUT2D eigenvalue weighted by molar-refractivity contribution is 5.89. The summed E-state index contributed by atoms with van der Waals surface area (Å²) in [4.78, 5) is 12.0.